The van der Waals surface area contributed by atoms with Crippen molar-refractivity contribution in [3.8, 4) is 0 Å². The van der Waals surface area contributed by atoms with E-state index in [-0.39, 0.29) is 28.8 Å². The average molecular weight is 461 g/mol. The van der Waals surface area contributed by atoms with Gasteiger partial charge >= 0.3 is 5.97 Å². The molecule has 0 unspecified atom stereocenters. The smallest absolute Gasteiger partial charge is 0.303 e. The van der Waals surface area contributed by atoms with Crippen LogP contribution in [0.4, 0.5) is 0 Å². The lowest BCUT2D eigenvalue weighted by atomic mass is 9.48. The number of ketones is 2. The Morgan fingerprint density at radius 3 is 2.52 bits per heavy atom. The summed E-state index contributed by atoms with van der Waals surface area (Å²) in [6, 6.07) is 0. The Morgan fingerprint density at radius 1 is 1.21 bits per heavy atom. The molecule has 0 aromatic rings. The largest absolute Gasteiger partial charge is 0.446 e. The lowest BCUT2D eigenvalue weighted by molar-refractivity contribution is -0.179. The summed E-state index contributed by atoms with van der Waals surface area (Å²) in [6.07, 6.45) is 7.91. The molecule has 0 aromatic carbocycles. The molecule has 29 heavy (non-hydrogen) atoms. The number of fused-ring (bicyclic) bond motifs is 5. The molecule has 0 aromatic heterocycles. The third-order valence-corrected chi connectivity index (χ3v) is 9.20. The van der Waals surface area contributed by atoms with Crippen LogP contribution < -0.4 is 0 Å². The van der Waals surface area contributed by atoms with Crippen molar-refractivity contribution in [3.05, 3.63) is 34.4 Å². The van der Waals surface area contributed by atoms with Crippen LogP contribution in [0.5, 0.6) is 0 Å². The second-order valence-corrected chi connectivity index (χ2v) is 10.7. The molecular weight excluding hydrogens is 432 g/mol. The number of hydrogen-bond acceptors (Lipinski definition) is 4. The lowest BCUT2D eigenvalue weighted by Crippen LogP contribution is -2.58. The Labute approximate surface area is 181 Å². The number of Topliss-reactive ketones (excluding diaryl/α,β-unsaturated/α-hetero) is 1. The van der Waals surface area contributed by atoms with E-state index in [1.54, 1.807) is 0 Å². The molecule has 4 aliphatic carbocycles. The van der Waals surface area contributed by atoms with Gasteiger partial charge in [-0.2, -0.15) is 0 Å². The van der Waals surface area contributed by atoms with E-state index in [2.05, 4.69) is 42.4 Å². The summed E-state index contributed by atoms with van der Waals surface area (Å²) in [4.78, 5) is 37.0. The molecule has 0 heterocycles. The van der Waals surface area contributed by atoms with Gasteiger partial charge in [0, 0.05) is 23.2 Å². The fourth-order valence-electron chi connectivity index (χ4n) is 7.15. The zero-order valence-corrected chi connectivity index (χ0v) is 19.2. The van der Waals surface area contributed by atoms with Crippen molar-refractivity contribution in [1.82, 2.24) is 0 Å². The first-order valence-electron chi connectivity index (χ1n) is 10.5. The molecule has 6 atom stereocenters. The van der Waals surface area contributed by atoms with E-state index < -0.39 is 17.0 Å². The van der Waals surface area contributed by atoms with Gasteiger partial charge in [-0.1, -0.05) is 42.4 Å². The zero-order chi connectivity index (χ0) is 21.4. The summed E-state index contributed by atoms with van der Waals surface area (Å²) in [5, 5.41) is 0. The first-order valence-corrected chi connectivity index (χ1v) is 11.3. The van der Waals surface area contributed by atoms with Crippen molar-refractivity contribution in [2.24, 2.45) is 28.6 Å². The second-order valence-electron chi connectivity index (χ2n) is 9.84. The quantitative estimate of drug-likeness (QED) is 0.426. The Hall–Kier alpha value is -1.49. The minimum atomic E-state index is -1.24. The van der Waals surface area contributed by atoms with Gasteiger partial charge in [-0.05, 0) is 73.0 Å². The number of ether oxygens (including phenoxy) is 1. The van der Waals surface area contributed by atoms with Crippen LogP contribution in [0, 0.1) is 28.6 Å². The van der Waals surface area contributed by atoms with E-state index in [9.17, 15) is 14.4 Å². The predicted octanol–water partition coefficient (Wildman–Crippen LogP) is 5.07. The second kappa shape index (κ2) is 6.50. The Kier molecular flexibility index (Phi) is 4.66. The summed E-state index contributed by atoms with van der Waals surface area (Å²) < 4.78 is 6.82. The molecule has 0 radical (unpaired) electrons. The van der Waals surface area contributed by atoms with Crippen molar-refractivity contribution in [2.75, 3.05) is 0 Å². The number of rotatable bonds is 2. The standard InChI is InChI=1S/C24H29BrO4/c1-13-10-19-17-12-21(25)20-11-16(28)6-8-22(20,4)18(17)7-9-23(19,5)24(13,14(2)26)29-15(3)27/h11-12,17-19H,1,6-10H2,2-5H3/t17-,18+,19+,22-,23+,24+/m1/s1. The van der Waals surface area contributed by atoms with Crippen LogP contribution in [-0.2, 0) is 19.1 Å². The number of halogens is 1. The maximum absolute atomic E-state index is 12.9. The fraction of sp³-hybridized carbons (Fsp3) is 0.625. The van der Waals surface area contributed by atoms with Gasteiger partial charge in [0.2, 0.25) is 0 Å². The molecule has 5 heteroatoms. The van der Waals surface area contributed by atoms with Crippen molar-refractivity contribution in [2.45, 2.75) is 65.4 Å². The molecule has 4 rings (SSSR count). The molecule has 0 saturated heterocycles. The molecule has 0 bridgehead atoms. The zero-order valence-electron chi connectivity index (χ0n) is 17.6. The maximum Gasteiger partial charge on any atom is 0.303 e. The van der Waals surface area contributed by atoms with E-state index in [1.807, 2.05) is 6.08 Å². The summed E-state index contributed by atoms with van der Waals surface area (Å²) in [5.74, 6) is 0.437. The van der Waals surface area contributed by atoms with Gasteiger partial charge < -0.3 is 4.74 Å². The first-order chi connectivity index (χ1) is 13.5. The Balaban J connectivity index is 1.84. The van der Waals surface area contributed by atoms with E-state index in [0.717, 1.165) is 34.9 Å². The van der Waals surface area contributed by atoms with Gasteiger partial charge in [0.15, 0.2) is 17.2 Å². The third-order valence-electron chi connectivity index (χ3n) is 8.51. The summed E-state index contributed by atoms with van der Waals surface area (Å²) >= 11 is 3.75. The minimum absolute atomic E-state index is 0.0578. The van der Waals surface area contributed by atoms with E-state index in [1.165, 1.54) is 13.8 Å². The molecule has 0 N–H and O–H groups in total. The Morgan fingerprint density at radius 2 is 1.90 bits per heavy atom. The predicted molar refractivity (Wildman–Crippen MR) is 114 cm³/mol. The molecule has 0 amide bonds. The third kappa shape index (κ3) is 2.58. The van der Waals surface area contributed by atoms with Crippen LogP contribution in [-0.4, -0.2) is 23.1 Å². The van der Waals surface area contributed by atoms with Crippen molar-refractivity contribution < 1.29 is 19.1 Å². The van der Waals surface area contributed by atoms with Crippen LogP contribution in [0.25, 0.3) is 0 Å². The molecule has 0 spiro atoms. The minimum Gasteiger partial charge on any atom is -0.446 e. The molecule has 0 aliphatic heterocycles. The first kappa shape index (κ1) is 20.8. The van der Waals surface area contributed by atoms with Crippen molar-refractivity contribution >= 4 is 33.5 Å². The molecule has 156 valence electrons. The average Bonchev–Trinajstić information content (AvgIpc) is 2.85. The summed E-state index contributed by atoms with van der Waals surface area (Å²) in [6.45, 7) is 11.5. The monoisotopic (exact) mass is 460 g/mol. The van der Waals surface area contributed by atoms with Crippen molar-refractivity contribution in [3.63, 3.8) is 0 Å². The van der Waals surface area contributed by atoms with Gasteiger partial charge in [-0.25, -0.2) is 0 Å². The van der Waals surface area contributed by atoms with Crippen molar-refractivity contribution in [1.29, 1.82) is 0 Å². The van der Waals surface area contributed by atoms with E-state index in [4.69, 9.17) is 4.74 Å². The van der Waals surface area contributed by atoms with Crippen LogP contribution in [0.15, 0.2) is 34.4 Å². The molecule has 4 aliphatic rings. The van der Waals surface area contributed by atoms with Gasteiger partial charge in [0.25, 0.3) is 0 Å². The number of carbonyl (C=O) groups is 3. The van der Waals surface area contributed by atoms with Crippen LogP contribution >= 0.6 is 15.9 Å². The van der Waals surface area contributed by atoms with Crippen LogP contribution in [0.1, 0.15) is 59.8 Å². The van der Waals surface area contributed by atoms with Crippen LogP contribution in [0.2, 0.25) is 0 Å². The van der Waals surface area contributed by atoms with E-state index >= 15 is 0 Å². The maximum atomic E-state index is 12.9. The molecule has 4 nitrogen and oxygen atoms in total. The van der Waals surface area contributed by atoms with Gasteiger partial charge in [-0.3, -0.25) is 14.4 Å². The normalized spacial score (nSPS) is 43.6. The van der Waals surface area contributed by atoms with Gasteiger partial charge in [0.05, 0.1) is 0 Å². The van der Waals surface area contributed by atoms with Gasteiger partial charge in [-0.15, -0.1) is 0 Å². The summed E-state index contributed by atoms with van der Waals surface area (Å²) in [7, 11) is 0. The Bertz CT molecular complexity index is 899. The van der Waals surface area contributed by atoms with Gasteiger partial charge in [0.1, 0.15) is 0 Å². The molecule has 2 fully saturated rings. The SMILES string of the molecule is C=C1C[C@H]2[C@@H]3C=C(Br)C4=CC(=O)CC[C@]4(C)[C@H]3CC[C@]2(C)[C@@]1(OC(C)=O)C(C)=O. The number of carbonyl (C=O) groups excluding carboxylic acids is 3. The van der Waals surface area contributed by atoms with Crippen LogP contribution in [0.3, 0.4) is 0 Å². The number of hydrogen-bond donors (Lipinski definition) is 0. The number of esters is 1. The fourth-order valence-corrected chi connectivity index (χ4v) is 8.03. The highest BCUT2D eigenvalue weighted by Gasteiger charge is 2.69. The highest BCUT2D eigenvalue weighted by Crippen LogP contribution is 2.69. The van der Waals surface area contributed by atoms with E-state index in [0.29, 0.717) is 18.8 Å². The topological polar surface area (TPSA) is 60.4 Å². The molecular formula is C24H29BrO4. The summed E-state index contributed by atoms with van der Waals surface area (Å²) in [5.41, 5.74) is 0.0668. The number of allylic oxidation sites excluding steroid dienone is 4. The molecule has 2 saturated carbocycles. The lowest BCUT2D eigenvalue weighted by Gasteiger charge is -2.57. The highest BCUT2D eigenvalue weighted by atomic mass is 79.9. The highest BCUT2D eigenvalue weighted by molar-refractivity contribution is 9.12.